The Kier molecular flexibility index (Phi) is 7.92. The quantitative estimate of drug-likeness (QED) is 0.419. The molecule has 1 aliphatic heterocycles. The fourth-order valence-corrected chi connectivity index (χ4v) is 3.60. The van der Waals surface area contributed by atoms with Gasteiger partial charge in [-0.25, -0.2) is 0 Å². The number of halogens is 6. The van der Waals surface area contributed by atoms with Crippen LogP contribution in [0.3, 0.4) is 0 Å². The molecule has 0 radical (unpaired) electrons. The van der Waals surface area contributed by atoms with Gasteiger partial charge in [-0.2, -0.15) is 0 Å². The van der Waals surface area contributed by atoms with E-state index in [1.165, 1.54) is 48.5 Å². The standard InChI is InChI=1S/C20H18F6N4O2S2/c21-19(22,23)31-15-5-1-13(2-6-15)27-17(33)29-9-11-30(12-10-29)18(34)28-14-3-7-16(8-4-14)32-20(24,25)26/h1-8H,9-12H2,(H,27,33)(H,28,34). The van der Waals surface area contributed by atoms with E-state index in [1.54, 1.807) is 0 Å². The summed E-state index contributed by atoms with van der Waals surface area (Å²) in [6, 6.07) is 10.4. The van der Waals surface area contributed by atoms with Gasteiger partial charge in [-0.05, 0) is 73.0 Å². The summed E-state index contributed by atoms with van der Waals surface area (Å²) in [6.45, 7) is 2.12. The van der Waals surface area contributed by atoms with Crippen LogP contribution >= 0.6 is 24.4 Å². The number of hydrogen-bond donors (Lipinski definition) is 2. The van der Waals surface area contributed by atoms with Crippen LogP contribution in [0.15, 0.2) is 48.5 Å². The number of thiocarbonyl (C=S) groups is 2. The van der Waals surface area contributed by atoms with Gasteiger partial charge in [-0.1, -0.05) is 0 Å². The van der Waals surface area contributed by atoms with Gasteiger partial charge in [0.15, 0.2) is 10.2 Å². The number of rotatable bonds is 4. The molecule has 2 aromatic rings. The molecule has 2 N–H and O–H groups in total. The van der Waals surface area contributed by atoms with Gasteiger partial charge in [-0.3, -0.25) is 0 Å². The Bertz CT molecular complexity index is 911. The molecule has 0 bridgehead atoms. The Balaban J connectivity index is 1.45. The molecule has 184 valence electrons. The topological polar surface area (TPSA) is 49.0 Å². The first-order chi connectivity index (χ1) is 15.9. The predicted octanol–water partition coefficient (Wildman–Crippen LogP) is 5.20. The molecule has 1 heterocycles. The summed E-state index contributed by atoms with van der Waals surface area (Å²) in [5.41, 5.74) is 1.02. The first-order valence-corrected chi connectivity index (χ1v) is 10.5. The van der Waals surface area contributed by atoms with E-state index >= 15 is 0 Å². The summed E-state index contributed by atoms with van der Waals surface area (Å²) in [4.78, 5) is 3.77. The zero-order chi connectivity index (χ0) is 24.9. The van der Waals surface area contributed by atoms with Crippen molar-refractivity contribution in [2.24, 2.45) is 0 Å². The average molecular weight is 525 g/mol. The zero-order valence-corrected chi connectivity index (χ0v) is 18.9. The Labute approximate surface area is 201 Å². The van der Waals surface area contributed by atoms with Crippen molar-refractivity contribution in [1.29, 1.82) is 0 Å². The summed E-state index contributed by atoms with van der Waals surface area (Å²) in [5, 5.41) is 6.75. The van der Waals surface area contributed by atoms with E-state index in [1.807, 2.05) is 9.80 Å². The average Bonchev–Trinajstić information content (AvgIpc) is 2.74. The summed E-state index contributed by atoms with van der Waals surface area (Å²) in [6.07, 6.45) is -9.52. The molecule has 1 fully saturated rings. The van der Waals surface area contributed by atoms with E-state index in [2.05, 4.69) is 20.1 Å². The van der Waals surface area contributed by atoms with Crippen LogP contribution in [0, 0.1) is 0 Å². The summed E-state index contributed by atoms with van der Waals surface area (Å²) in [7, 11) is 0. The molecule has 14 heteroatoms. The maximum atomic E-state index is 12.3. The molecule has 6 nitrogen and oxygen atoms in total. The third kappa shape index (κ3) is 8.09. The number of nitrogens with one attached hydrogen (secondary N) is 2. The smallest absolute Gasteiger partial charge is 0.406 e. The van der Waals surface area contributed by atoms with Gasteiger partial charge < -0.3 is 29.9 Å². The van der Waals surface area contributed by atoms with Crippen LogP contribution in [-0.2, 0) is 0 Å². The second-order valence-electron chi connectivity index (χ2n) is 6.98. The lowest BCUT2D eigenvalue weighted by Gasteiger charge is -2.37. The number of ether oxygens (including phenoxy) is 2. The van der Waals surface area contributed by atoms with Crippen molar-refractivity contribution in [2.45, 2.75) is 12.7 Å². The van der Waals surface area contributed by atoms with E-state index < -0.39 is 12.7 Å². The molecule has 0 amide bonds. The van der Waals surface area contributed by atoms with Crippen LogP contribution in [-0.4, -0.2) is 58.9 Å². The van der Waals surface area contributed by atoms with Gasteiger partial charge in [0.1, 0.15) is 11.5 Å². The molecule has 0 aliphatic carbocycles. The van der Waals surface area contributed by atoms with Crippen molar-refractivity contribution in [3.8, 4) is 11.5 Å². The number of anilines is 2. The van der Waals surface area contributed by atoms with E-state index in [0.717, 1.165) is 0 Å². The SMILES string of the molecule is FC(F)(F)Oc1ccc(NC(=S)N2CCN(C(=S)Nc3ccc(OC(F)(F)F)cc3)CC2)cc1. The highest BCUT2D eigenvalue weighted by molar-refractivity contribution is 7.80. The van der Waals surface area contributed by atoms with Crippen molar-refractivity contribution in [2.75, 3.05) is 36.8 Å². The number of nitrogens with zero attached hydrogens (tertiary/aromatic N) is 2. The second kappa shape index (κ2) is 10.5. The van der Waals surface area contributed by atoms with Crippen molar-refractivity contribution in [3.05, 3.63) is 48.5 Å². The highest BCUT2D eigenvalue weighted by Gasteiger charge is 2.31. The molecule has 0 aromatic heterocycles. The van der Waals surface area contributed by atoms with Crippen molar-refractivity contribution in [1.82, 2.24) is 9.80 Å². The molecular formula is C20H18F6N4O2S2. The van der Waals surface area contributed by atoms with Crippen molar-refractivity contribution in [3.63, 3.8) is 0 Å². The highest BCUT2D eigenvalue weighted by atomic mass is 32.1. The number of alkyl halides is 6. The maximum Gasteiger partial charge on any atom is 0.573 e. The lowest BCUT2D eigenvalue weighted by atomic mass is 10.3. The minimum absolute atomic E-state index is 0.332. The largest absolute Gasteiger partial charge is 0.573 e. The Morgan fingerprint density at radius 3 is 1.18 bits per heavy atom. The maximum absolute atomic E-state index is 12.3. The Hall–Kier alpha value is -3.00. The molecule has 0 saturated carbocycles. The number of piperazine rings is 1. The predicted molar refractivity (Wildman–Crippen MR) is 122 cm³/mol. The number of hydrogen-bond acceptors (Lipinski definition) is 4. The molecule has 34 heavy (non-hydrogen) atoms. The molecule has 1 aliphatic rings. The molecule has 1 saturated heterocycles. The monoisotopic (exact) mass is 524 g/mol. The fraction of sp³-hybridized carbons (Fsp3) is 0.300. The van der Waals surface area contributed by atoms with Crippen molar-refractivity contribution >= 4 is 46.0 Å². The van der Waals surface area contributed by atoms with E-state index in [-0.39, 0.29) is 11.5 Å². The minimum atomic E-state index is -4.76. The van der Waals surface area contributed by atoms with Gasteiger partial charge in [0.2, 0.25) is 0 Å². The van der Waals surface area contributed by atoms with E-state index in [4.69, 9.17) is 24.4 Å². The second-order valence-corrected chi connectivity index (χ2v) is 7.75. The van der Waals surface area contributed by atoms with Crippen LogP contribution in [0.4, 0.5) is 37.7 Å². The van der Waals surface area contributed by atoms with Gasteiger partial charge in [0.25, 0.3) is 0 Å². The van der Waals surface area contributed by atoms with E-state index in [9.17, 15) is 26.3 Å². The third-order valence-corrected chi connectivity index (χ3v) is 5.25. The first kappa shape index (κ1) is 25.6. The normalized spacial score (nSPS) is 14.4. The van der Waals surface area contributed by atoms with Gasteiger partial charge in [0.05, 0.1) is 0 Å². The van der Waals surface area contributed by atoms with Crippen LogP contribution < -0.4 is 20.1 Å². The van der Waals surface area contributed by atoms with Gasteiger partial charge in [-0.15, -0.1) is 26.3 Å². The van der Waals surface area contributed by atoms with Crippen LogP contribution in [0.25, 0.3) is 0 Å². The third-order valence-electron chi connectivity index (χ3n) is 4.53. The number of benzene rings is 2. The molecule has 2 aromatic carbocycles. The molecule has 3 rings (SSSR count). The van der Waals surface area contributed by atoms with E-state index in [0.29, 0.717) is 47.8 Å². The Morgan fingerprint density at radius 2 is 0.912 bits per heavy atom. The molecule has 0 atom stereocenters. The minimum Gasteiger partial charge on any atom is -0.406 e. The van der Waals surface area contributed by atoms with Gasteiger partial charge in [0, 0.05) is 37.6 Å². The van der Waals surface area contributed by atoms with Crippen LogP contribution in [0.1, 0.15) is 0 Å². The lowest BCUT2D eigenvalue weighted by Crippen LogP contribution is -2.52. The molecule has 0 unspecified atom stereocenters. The lowest BCUT2D eigenvalue weighted by molar-refractivity contribution is -0.275. The van der Waals surface area contributed by atoms with Gasteiger partial charge >= 0.3 is 12.7 Å². The van der Waals surface area contributed by atoms with Crippen LogP contribution in [0.2, 0.25) is 0 Å². The summed E-state index contributed by atoms with van der Waals surface area (Å²) < 4.78 is 81.2. The summed E-state index contributed by atoms with van der Waals surface area (Å²) >= 11 is 10.8. The van der Waals surface area contributed by atoms with Crippen molar-refractivity contribution < 1.29 is 35.8 Å². The Morgan fingerprint density at radius 1 is 0.618 bits per heavy atom. The fourth-order valence-electron chi connectivity index (χ4n) is 3.00. The first-order valence-electron chi connectivity index (χ1n) is 9.71. The van der Waals surface area contributed by atoms with Crippen LogP contribution in [0.5, 0.6) is 11.5 Å². The molecular weight excluding hydrogens is 506 g/mol. The molecule has 0 spiro atoms. The summed E-state index contributed by atoms with van der Waals surface area (Å²) in [5.74, 6) is -0.665. The highest BCUT2D eigenvalue weighted by Crippen LogP contribution is 2.25. The zero-order valence-electron chi connectivity index (χ0n) is 17.2.